The molecule has 1 aromatic heterocycles. The van der Waals surface area contributed by atoms with Crippen molar-refractivity contribution in [1.82, 2.24) is 21.1 Å². The Balaban J connectivity index is 1.39. The highest BCUT2D eigenvalue weighted by Gasteiger charge is 2.16. The minimum atomic E-state index is -0.298. The SMILES string of the molecule is O=C(NNC(=S)NCCCN1CCOCC1)c1sc2ccccc2c1Cl. The van der Waals surface area contributed by atoms with Gasteiger partial charge in [-0.2, -0.15) is 0 Å². The van der Waals surface area contributed by atoms with E-state index in [1.54, 1.807) is 0 Å². The van der Waals surface area contributed by atoms with Crippen molar-refractivity contribution in [2.75, 3.05) is 39.4 Å². The number of benzene rings is 1. The standard InChI is InChI=1S/C17H21ClN4O2S2/c18-14-12-4-1-2-5-13(12)26-15(14)16(23)20-21-17(25)19-6-3-7-22-8-10-24-11-9-22/h1-2,4-5H,3,6-11H2,(H,20,23)(H2,19,21,25). The molecule has 3 rings (SSSR count). The molecule has 6 nitrogen and oxygen atoms in total. The van der Waals surface area contributed by atoms with Gasteiger partial charge in [-0.3, -0.25) is 20.5 Å². The normalized spacial score (nSPS) is 15.0. The number of thiocarbonyl (C=S) groups is 1. The lowest BCUT2D eigenvalue weighted by molar-refractivity contribution is 0.0376. The number of halogens is 1. The van der Waals surface area contributed by atoms with Crippen LogP contribution in [0.15, 0.2) is 24.3 Å². The number of nitrogens with one attached hydrogen (secondary N) is 3. The Hall–Kier alpha value is -1.45. The average molecular weight is 413 g/mol. The van der Waals surface area contributed by atoms with E-state index in [2.05, 4.69) is 21.1 Å². The first-order valence-corrected chi connectivity index (χ1v) is 10.1. The van der Waals surface area contributed by atoms with Crippen LogP contribution in [0.5, 0.6) is 0 Å². The van der Waals surface area contributed by atoms with E-state index in [9.17, 15) is 4.79 Å². The molecule has 0 aliphatic carbocycles. The smallest absolute Gasteiger partial charge is 0.281 e. The summed E-state index contributed by atoms with van der Waals surface area (Å²) in [5, 5.41) is 4.82. The zero-order chi connectivity index (χ0) is 18.4. The predicted molar refractivity (Wildman–Crippen MR) is 110 cm³/mol. The number of ether oxygens (including phenoxy) is 1. The second-order valence-corrected chi connectivity index (χ2v) is 7.72. The van der Waals surface area contributed by atoms with Crippen molar-refractivity contribution in [1.29, 1.82) is 0 Å². The number of hydrogen-bond acceptors (Lipinski definition) is 5. The summed E-state index contributed by atoms with van der Waals surface area (Å²) in [5.74, 6) is -0.298. The Labute approximate surface area is 166 Å². The Morgan fingerprint density at radius 2 is 2.04 bits per heavy atom. The van der Waals surface area contributed by atoms with E-state index in [1.165, 1.54) is 11.3 Å². The quantitative estimate of drug-likeness (QED) is 0.398. The first-order valence-electron chi connectivity index (χ1n) is 8.46. The van der Waals surface area contributed by atoms with Gasteiger partial charge in [0.15, 0.2) is 5.11 Å². The molecule has 0 atom stereocenters. The van der Waals surface area contributed by atoms with Crippen molar-refractivity contribution in [3.63, 3.8) is 0 Å². The molecule has 0 radical (unpaired) electrons. The zero-order valence-electron chi connectivity index (χ0n) is 14.2. The molecule has 0 unspecified atom stereocenters. The van der Waals surface area contributed by atoms with E-state index >= 15 is 0 Å². The highest BCUT2D eigenvalue weighted by molar-refractivity contribution is 7.80. The minimum absolute atomic E-state index is 0.298. The summed E-state index contributed by atoms with van der Waals surface area (Å²) in [4.78, 5) is 15.2. The Morgan fingerprint density at radius 1 is 1.27 bits per heavy atom. The first-order chi connectivity index (χ1) is 12.6. The fourth-order valence-electron chi connectivity index (χ4n) is 2.70. The number of amides is 1. The van der Waals surface area contributed by atoms with Gasteiger partial charge in [-0.25, -0.2) is 0 Å². The molecule has 1 aromatic carbocycles. The van der Waals surface area contributed by atoms with Crippen molar-refractivity contribution in [3.8, 4) is 0 Å². The van der Waals surface area contributed by atoms with Crippen LogP contribution in [0.25, 0.3) is 10.1 Å². The maximum atomic E-state index is 12.3. The van der Waals surface area contributed by atoms with Crippen LogP contribution in [-0.2, 0) is 4.74 Å². The van der Waals surface area contributed by atoms with Gasteiger partial charge in [-0.1, -0.05) is 29.8 Å². The van der Waals surface area contributed by atoms with Gasteiger partial charge in [0.25, 0.3) is 5.91 Å². The van der Waals surface area contributed by atoms with Crippen molar-refractivity contribution in [2.24, 2.45) is 0 Å². The monoisotopic (exact) mass is 412 g/mol. The summed E-state index contributed by atoms with van der Waals surface area (Å²) in [6.07, 6.45) is 0.970. The average Bonchev–Trinajstić information content (AvgIpc) is 3.01. The van der Waals surface area contributed by atoms with Gasteiger partial charge in [0, 0.05) is 29.7 Å². The van der Waals surface area contributed by atoms with E-state index in [-0.39, 0.29) is 5.91 Å². The van der Waals surface area contributed by atoms with Crippen LogP contribution >= 0.6 is 35.2 Å². The van der Waals surface area contributed by atoms with Gasteiger partial charge in [0.2, 0.25) is 0 Å². The van der Waals surface area contributed by atoms with E-state index < -0.39 is 0 Å². The van der Waals surface area contributed by atoms with Crippen LogP contribution in [0, 0.1) is 0 Å². The topological polar surface area (TPSA) is 65.6 Å². The Bertz CT molecular complexity index is 777. The molecule has 1 aliphatic heterocycles. The molecule has 26 heavy (non-hydrogen) atoms. The number of fused-ring (bicyclic) bond motifs is 1. The van der Waals surface area contributed by atoms with Crippen LogP contribution in [0.1, 0.15) is 16.1 Å². The number of morpholine rings is 1. The second kappa shape index (κ2) is 9.48. The Kier molecular flexibility index (Phi) is 7.04. The third kappa shape index (κ3) is 5.05. The third-order valence-electron chi connectivity index (χ3n) is 4.07. The van der Waals surface area contributed by atoms with Gasteiger partial charge in [0.05, 0.1) is 18.2 Å². The van der Waals surface area contributed by atoms with Gasteiger partial charge in [0.1, 0.15) is 4.88 Å². The molecule has 140 valence electrons. The van der Waals surface area contributed by atoms with Gasteiger partial charge >= 0.3 is 0 Å². The van der Waals surface area contributed by atoms with Crippen LogP contribution in [0.2, 0.25) is 5.02 Å². The lowest BCUT2D eigenvalue weighted by atomic mass is 10.2. The molecule has 1 saturated heterocycles. The lowest BCUT2D eigenvalue weighted by Gasteiger charge is -2.26. The molecule has 2 aromatic rings. The van der Waals surface area contributed by atoms with Crippen LogP contribution in [-0.4, -0.2) is 55.3 Å². The maximum Gasteiger partial charge on any atom is 0.281 e. The molecule has 0 spiro atoms. The minimum Gasteiger partial charge on any atom is -0.379 e. The summed E-state index contributed by atoms with van der Waals surface area (Å²) in [7, 11) is 0. The fraction of sp³-hybridized carbons (Fsp3) is 0.412. The van der Waals surface area contributed by atoms with Gasteiger partial charge in [-0.05, 0) is 31.2 Å². The van der Waals surface area contributed by atoms with Crippen molar-refractivity contribution in [3.05, 3.63) is 34.2 Å². The predicted octanol–water partition coefficient (Wildman–Crippen LogP) is 2.39. The van der Waals surface area contributed by atoms with Crippen molar-refractivity contribution < 1.29 is 9.53 Å². The summed E-state index contributed by atoms with van der Waals surface area (Å²) >= 11 is 12.9. The summed E-state index contributed by atoms with van der Waals surface area (Å²) in [5.41, 5.74) is 5.32. The number of carbonyl (C=O) groups is 1. The van der Waals surface area contributed by atoms with Crippen LogP contribution in [0.3, 0.4) is 0 Å². The number of nitrogens with zero attached hydrogens (tertiary/aromatic N) is 1. The molecule has 0 bridgehead atoms. The number of hydrazine groups is 1. The summed E-state index contributed by atoms with van der Waals surface area (Å²) in [6, 6.07) is 7.66. The van der Waals surface area contributed by atoms with E-state index in [1.807, 2.05) is 24.3 Å². The van der Waals surface area contributed by atoms with E-state index in [4.69, 9.17) is 28.6 Å². The molecule has 1 fully saturated rings. The maximum absolute atomic E-state index is 12.3. The number of rotatable bonds is 5. The second-order valence-electron chi connectivity index (χ2n) is 5.88. The van der Waals surface area contributed by atoms with E-state index in [0.717, 1.165) is 55.9 Å². The Morgan fingerprint density at radius 3 is 2.81 bits per heavy atom. The zero-order valence-corrected chi connectivity index (χ0v) is 16.6. The van der Waals surface area contributed by atoms with Crippen molar-refractivity contribution >= 4 is 56.3 Å². The highest BCUT2D eigenvalue weighted by Crippen LogP contribution is 2.34. The molecule has 9 heteroatoms. The fourth-order valence-corrected chi connectivity index (χ4v) is 4.27. The molecule has 1 aliphatic rings. The molecule has 0 saturated carbocycles. The van der Waals surface area contributed by atoms with Crippen LogP contribution in [0.4, 0.5) is 0 Å². The molecule has 2 heterocycles. The highest BCUT2D eigenvalue weighted by atomic mass is 35.5. The molecule has 1 amide bonds. The largest absolute Gasteiger partial charge is 0.379 e. The van der Waals surface area contributed by atoms with Crippen LogP contribution < -0.4 is 16.2 Å². The lowest BCUT2D eigenvalue weighted by Crippen LogP contribution is -2.47. The summed E-state index contributed by atoms with van der Waals surface area (Å²) < 4.78 is 6.30. The van der Waals surface area contributed by atoms with Gasteiger partial charge in [-0.15, -0.1) is 11.3 Å². The van der Waals surface area contributed by atoms with E-state index in [0.29, 0.717) is 15.0 Å². The number of carbonyl (C=O) groups excluding carboxylic acids is 1. The first kappa shape index (κ1) is 19.3. The third-order valence-corrected chi connectivity index (χ3v) is 5.99. The molecule has 3 N–H and O–H groups in total. The number of hydrogen-bond donors (Lipinski definition) is 3. The molecular weight excluding hydrogens is 392 g/mol. The summed E-state index contributed by atoms with van der Waals surface area (Å²) in [6.45, 7) is 5.31. The molecular formula is C17H21ClN4O2S2. The van der Waals surface area contributed by atoms with Gasteiger partial charge < -0.3 is 10.1 Å². The number of thiophene rings is 1. The van der Waals surface area contributed by atoms with Crippen molar-refractivity contribution in [2.45, 2.75) is 6.42 Å².